The van der Waals surface area contributed by atoms with E-state index < -0.39 is 13.0 Å². The number of likely N-dealkylation sites (tertiary alicyclic amines) is 2. The third kappa shape index (κ3) is 7.22. The van der Waals surface area contributed by atoms with Crippen LogP contribution in [0.4, 0.5) is 0 Å². The van der Waals surface area contributed by atoms with Gasteiger partial charge in [0.2, 0.25) is 11.8 Å². The predicted octanol–water partition coefficient (Wildman–Crippen LogP) is 7.63. The highest BCUT2D eigenvalue weighted by atomic mass is 35.5. The van der Waals surface area contributed by atoms with Gasteiger partial charge in [-0.1, -0.05) is 91.2 Å². The fraction of sp³-hybridized carbons (Fsp3) is 0.415. The van der Waals surface area contributed by atoms with Crippen molar-refractivity contribution in [3.63, 3.8) is 0 Å². The second-order valence-electron chi connectivity index (χ2n) is 14.4. The van der Waals surface area contributed by atoms with Gasteiger partial charge in [0, 0.05) is 25.7 Å². The number of aromatic hydroxyl groups is 1. The summed E-state index contributed by atoms with van der Waals surface area (Å²) in [6, 6.07) is 25.4. The second-order valence-corrected chi connectivity index (χ2v) is 14.8. The maximum absolute atomic E-state index is 14.4. The molecule has 50 heavy (non-hydrogen) atoms. The summed E-state index contributed by atoms with van der Waals surface area (Å²) < 4.78 is 6.32. The Hall–Kier alpha value is -3.69. The molecule has 0 unspecified atom stereocenters. The molecule has 7 nitrogen and oxygen atoms in total. The van der Waals surface area contributed by atoms with Crippen molar-refractivity contribution in [2.24, 2.45) is 17.8 Å². The van der Waals surface area contributed by atoms with Crippen molar-refractivity contribution >= 4 is 42.2 Å². The van der Waals surface area contributed by atoms with E-state index in [0.29, 0.717) is 30.6 Å². The molecule has 0 aromatic heterocycles. The molecule has 3 aliphatic heterocycles. The van der Waals surface area contributed by atoms with E-state index in [1.54, 1.807) is 17.0 Å². The minimum Gasteiger partial charge on any atom is -0.508 e. The average Bonchev–Trinajstić information content (AvgIpc) is 3.37. The van der Waals surface area contributed by atoms with Crippen molar-refractivity contribution < 1.29 is 24.4 Å². The summed E-state index contributed by atoms with van der Waals surface area (Å²) in [5.41, 5.74) is 6.55. The third-order valence-electron chi connectivity index (χ3n) is 11.2. The molecule has 3 saturated heterocycles. The number of imide groups is 1. The highest BCUT2D eigenvalue weighted by Gasteiger charge is 2.58. The lowest BCUT2D eigenvalue weighted by molar-refractivity contribution is -0.144. The van der Waals surface area contributed by atoms with E-state index >= 15 is 0 Å². The first-order valence-electron chi connectivity index (χ1n) is 18.2. The van der Waals surface area contributed by atoms with E-state index in [1.165, 1.54) is 11.1 Å². The first kappa shape index (κ1) is 34.7. The Morgan fingerprint density at radius 1 is 0.980 bits per heavy atom. The summed E-state index contributed by atoms with van der Waals surface area (Å²) in [6.07, 6.45) is 7.17. The number of amides is 2. The molecule has 4 atom stereocenters. The van der Waals surface area contributed by atoms with Crippen molar-refractivity contribution in [1.29, 1.82) is 0 Å². The Morgan fingerprint density at radius 3 is 2.40 bits per heavy atom. The van der Waals surface area contributed by atoms with Crippen molar-refractivity contribution in [3.05, 3.63) is 112 Å². The summed E-state index contributed by atoms with van der Waals surface area (Å²) in [5.74, 6) is -1.02. The zero-order valence-electron chi connectivity index (χ0n) is 28.7. The minimum absolute atomic E-state index is 0.0215. The zero-order valence-corrected chi connectivity index (χ0v) is 29.5. The smallest absolute Gasteiger partial charge is 0.455 e. The van der Waals surface area contributed by atoms with Gasteiger partial charge in [0.15, 0.2) is 0 Å². The highest BCUT2D eigenvalue weighted by Crippen LogP contribution is 2.52. The number of fused-ring (bicyclic) bond motifs is 3. The third-order valence-corrected chi connectivity index (χ3v) is 11.5. The number of nitrogens with zero attached hydrogens (tertiary/aromatic N) is 2. The molecule has 7 rings (SSSR count). The molecule has 3 aromatic rings. The number of carbonyl (C=O) groups is 2. The first-order valence-corrected chi connectivity index (χ1v) is 18.6. The molecule has 3 fully saturated rings. The molecule has 9 heteroatoms. The number of halogens is 1. The summed E-state index contributed by atoms with van der Waals surface area (Å²) in [5, 5.41) is 21.5. The van der Waals surface area contributed by atoms with Crippen LogP contribution in [0.5, 0.6) is 5.75 Å². The van der Waals surface area contributed by atoms with Gasteiger partial charge >= 0.3 is 7.12 Å². The Labute approximate surface area is 300 Å². The Bertz CT molecular complexity index is 1760. The van der Waals surface area contributed by atoms with Crippen LogP contribution >= 0.6 is 11.6 Å². The van der Waals surface area contributed by atoms with Crippen LogP contribution in [0.15, 0.2) is 90.0 Å². The summed E-state index contributed by atoms with van der Waals surface area (Å²) >= 11 is 6.52. The number of piperidine rings is 1. The Morgan fingerprint density at radius 2 is 1.70 bits per heavy atom. The molecule has 0 bridgehead atoms. The Balaban J connectivity index is 1.12. The van der Waals surface area contributed by atoms with Crippen LogP contribution in [0.1, 0.15) is 68.6 Å². The number of phenols is 1. The molecule has 1 aliphatic carbocycles. The van der Waals surface area contributed by atoms with Gasteiger partial charge in [-0.25, -0.2) is 0 Å². The van der Waals surface area contributed by atoms with Crippen LogP contribution < -0.4 is 0 Å². The van der Waals surface area contributed by atoms with Crippen molar-refractivity contribution in [3.8, 4) is 5.75 Å². The molecular formula is C41H46BClN2O5. The van der Waals surface area contributed by atoms with Gasteiger partial charge in [0.1, 0.15) is 5.75 Å². The fourth-order valence-corrected chi connectivity index (χ4v) is 9.15. The van der Waals surface area contributed by atoms with Gasteiger partial charge in [-0.15, -0.1) is 0 Å². The van der Waals surface area contributed by atoms with Crippen molar-refractivity contribution in [2.45, 2.75) is 76.9 Å². The van der Waals surface area contributed by atoms with E-state index in [4.69, 9.17) is 16.3 Å². The van der Waals surface area contributed by atoms with Crippen LogP contribution in [-0.4, -0.2) is 64.1 Å². The molecule has 3 heterocycles. The lowest BCUT2D eigenvalue weighted by Gasteiger charge is -2.43. The fourth-order valence-electron chi connectivity index (χ4n) is 8.92. The SMILES string of the molecule is CCCC1=C2[C@@H](CC/C(=C/c3ccc(O)cc3Cl)c3ccccc3)OB(O)C[C@@H]2[C@@H]2C(=O)N(C3CCN(Cc4ccccc4)CC3)C(=O)[C@@H]2C1. The normalized spacial score (nSPS) is 24.9. The number of benzene rings is 3. The van der Waals surface area contributed by atoms with Gasteiger partial charge in [0.25, 0.3) is 0 Å². The molecule has 0 saturated carbocycles. The average molecular weight is 693 g/mol. The monoisotopic (exact) mass is 692 g/mol. The van der Waals surface area contributed by atoms with E-state index in [2.05, 4.69) is 48.2 Å². The standard InChI is InChI=1S/C41H46BClN2O5/c1-2-9-31-23-34-39(41(48)45(40(34)47)32-18-20-44(21-19-32)26-27-10-5-3-6-11-27)35-25-42(49)50-37(38(31)35)17-15-29(28-12-7-4-8-13-28)22-30-14-16-33(46)24-36(30)43/h3-8,10-14,16,22,24,32,34-35,37,39,46,49H,2,9,15,17-21,23,25-26H2,1H3/b29-22-/t34-,35+,37-,39-/m1/s1. The molecular weight excluding hydrogens is 647 g/mol. The van der Waals surface area contributed by atoms with Gasteiger partial charge in [-0.05, 0) is 103 Å². The number of rotatable bonds is 10. The second kappa shape index (κ2) is 15.3. The number of phenolic OH excluding ortho intramolecular Hbond substituents is 1. The number of carbonyl (C=O) groups excluding carboxylic acids is 2. The van der Waals surface area contributed by atoms with Gasteiger partial charge in [-0.3, -0.25) is 19.4 Å². The van der Waals surface area contributed by atoms with Crippen LogP contribution in [0.25, 0.3) is 11.6 Å². The van der Waals surface area contributed by atoms with Crippen LogP contribution in [0, 0.1) is 17.8 Å². The number of hydrogen-bond donors (Lipinski definition) is 2. The molecule has 4 aliphatic rings. The van der Waals surface area contributed by atoms with E-state index in [9.17, 15) is 19.7 Å². The minimum atomic E-state index is -1.01. The topological polar surface area (TPSA) is 90.3 Å². The van der Waals surface area contributed by atoms with Gasteiger partial charge in [-0.2, -0.15) is 0 Å². The lowest BCUT2D eigenvalue weighted by atomic mass is 9.58. The molecule has 3 aromatic carbocycles. The molecule has 0 radical (unpaired) electrons. The van der Waals surface area contributed by atoms with Crippen LogP contribution in [0.3, 0.4) is 0 Å². The largest absolute Gasteiger partial charge is 0.508 e. The lowest BCUT2D eigenvalue weighted by Crippen LogP contribution is -2.48. The molecule has 2 N–H and O–H groups in total. The predicted molar refractivity (Wildman–Crippen MR) is 198 cm³/mol. The molecule has 260 valence electrons. The first-order chi connectivity index (χ1) is 24.3. The van der Waals surface area contributed by atoms with Gasteiger partial charge in [0.05, 0.1) is 23.0 Å². The quantitative estimate of drug-likeness (QED) is 0.0984. The maximum atomic E-state index is 14.4. The number of allylic oxidation sites excluding steroid dienone is 2. The highest BCUT2D eigenvalue weighted by molar-refractivity contribution is 6.43. The summed E-state index contributed by atoms with van der Waals surface area (Å²) in [7, 11) is -1.01. The summed E-state index contributed by atoms with van der Waals surface area (Å²) in [4.78, 5) is 32.6. The van der Waals surface area contributed by atoms with Crippen LogP contribution in [-0.2, 0) is 20.8 Å². The maximum Gasteiger partial charge on any atom is 0.455 e. The van der Waals surface area contributed by atoms with Crippen LogP contribution in [0.2, 0.25) is 11.3 Å². The van der Waals surface area contributed by atoms with Crippen molar-refractivity contribution in [1.82, 2.24) is 9.80 Å². The van der Waals surface area contributed by atoms with E-state index in [0.717, 1.165) is 67.6 Å². The molecule has 0 spiro atoms. The van der Waals surface area contributed by atoms with Gasteiger partial charge < -0.3 is 14.8 Å². The molecule has 2 amide bonds. The Kier molecular flexibility index (Phi) is 10.6. The van der Waals surface area contributed by atoms with E-state index in [1.807, 2.05) is 36.4 Å². The summed E-state index contributed by atoms with van der Waals surface area (Å²) in [6.45, 7) is 4.72. The zero-order chi connectivity index (χ0) is 34.8. The van der Waals surface area contributed by atoms with Crippen molar-refractivity contribution in [2.75, 3.05) is 13.1 Å². The number of hydrogen-bond acceptors (Lipinski definition) is 6. The van der Waals surface area contributed by atoms with E-state index in [-0.39, 0.29) is 41.5 Å².